The first-order valence-electron chi connectivity index (χ1n) is 8.52. The Hall–Kier alpha value is -2.18. The van der Waals surface area contributed by atoms with Crippen molar-refractivity contribution in [2.75, 3.05) is 31.6 Å². The highest BCUT2D eigenvalue weighted by molar-refractivity contribution is 5.91. The van der Waals surface area contributed by atoms with Crippen LogP contribution < -0.4 is 5.32 Å². The van der Waals surface area contributed by atoms with Crippen LogP contribution in [0.4, 0.5) is 5.88 Å². The number of aliphatic hydroxyl groups is 1. The summed E-state index contributed by atoms with van der Waals surface area (Å²) in [6.45, 7) is 7.44. The van der Waals surface area contributed by atoms with Crippen LogP contribution in [-0.2, 0) is 16.6 Å². The van der Waals surface area contributed by atoms with Gasteiger partial charge >= 0.3 is 0 Å². The van der Waals surface area contributed by atoms with E-state index < -0.39 is 0 Å². The molecule has 0 saturated heterocycles. The van der Waals surface area contributed by atoms with Crippen molar-refractivity contribution in [3.63, 3.8) is 0 Å². The third-order valence-electron chi connectivity index (χ3n) is 3.88. The van der Waals surface area contributed by atoms with Crippen LogP contribution in [0.5, 0.6) is 0 Å². The molecule has 136 valence electrons. The molecule has 0 radical (unpaired) electrons. The summed E-state index contributed by atoms with van der Waals surface area (Å²) in [6.07, 6.45) is 0.824. The lowest BCUT2D eigenvalue weighted by molar-refractivity contribution is -0.117. The lowest BCUT2D eigenvalue weighted by Crippen LogP contribution is -2.36. The second-order valence-electron chi connectivity index (χ2n) is 7.11. The molecule has 2 aromatic rings. The molecule has 0 fully saturated rings. The minimum Gasteiger partial charge on any atom is -0.395 e. The fraction of sp³-hybridized carbons (Fsp3) is 0.474. The monoisotopic (exact) mass is 345 g/mol. The number of rotatable bonds is 8. The van der Waals surface area contributed by atoms with E-state index in [4.69, 9.17) is 4.52 Å². The molecule has 0 aliphatic heterocycles. The largest absolute Gasteiger partial charge is 0.395 e. The first-order valence-corrected chi connectivity index (χ1v) is 8.52. The predicted molar refractivity (Wildman–Crippen MR) is 97.5 cm³/mol. The van der Waals surface area contributed by atoms with Crippen molar-refractivity contribution >= 4 is 11.8 Å². The number of amides is 1. The maximum atomic E-state index is 12.2. The minimum absolute atomic E-state index is 0.0124. The highest BCUT2D eigenvalue weighted by atomic mass is 16.5. The molecule has 0 bridgehead atoms. The van der Waals surface area contributed by atoms with E-state index in [1.165, 1.54) is 5.56 Å². The zero-order valence-electron chi connectivity index (χ0n) is 15.2. The average molecular weight is 345 g/mol. The van der Waals surface area contributed by atoms with E-state index in [0.29, 0.717) is 19.0 Å². The Balaban J connectivity index is 1.87. The summed E-state index contributed by atoms with van der Waals surface area (Å²) in [5.74, 6) is 0.167. The van der Waals surface area contributed by atoms with Gasteiger partial charge in [-0.1, -0.05) is 56.3 Å². The van der Waals surface area contributed by atoms with E-state index in [9.17, 15) is 9.90 Å². The predicted octanol–water partition coefficient (Wildman–Crippen LogP) is 2.45. The molecule has 0 spiro atoms. The molecule has 1 amide bonds. The van der Waals surface area contributed by atoms with E-state index >= 15 is 0 Å². The van der Waals surface area contributed by atoms with Crippen molar-refractivity contribution in [2.45, 2.75) is 32.6 Å². The number of nitrogens with one attached hydrogen (secondary N) is 1. The third kappa shape index (κ3) is 6.32. The highest BCUT2D eigenvalue weighted by Crippen LogP contribution is 2.23. The average Bonchev–Trinajstić information content (AvgIpc) is 3.02. The molecule has 1 aromatic heterocycles. The molecule has 0 atom stereocenters. The molecule has 1 heterocycles. The standard InChI is InChI=1S/C19H27N3O3/c1-19(2,3)16-13-18(25-21-16)20-17(24)14-22(11-12-23)10-9-15-7-5-4-6-8-15/h4-8,13,23H,9-12,14H2,1-3H3,(H,20,24). The molecule has 2 N–H and O–H groups in total. The number of hydrogen-bond donors (Lipinski definition) is 2. The van der Waals surface area contributed by atoms with Crippen molar-refractivity contribution in [1.29, 1.82) is 0 Å². The summed E-state index contributed by atoms with van der Waals surface area (Å²) >= 11 is 0. The Bertz CT molecular complexity index is 662. The molecule has 2 rings (SSSR count). The summed E-state index contributed by atoms with van der Waals surface area (Å²) in [4.78, 5) is 14.2. The molecule has 6 heteroatoms. The molecule has 0 saturated carbocycles. The van der Waals surface area contributed by atoms with E-state index in [2.05, 4.69) is 22.6 Å². The SMILES string of the molecule is CC(C)(C)c1cc(NC(=O)CN(CCO)CCc2ccccc2)on1. The van der Waals surface area contributed by atoms with Crippen LogP contribution in [0, 0.1) is 0 Å². The molecule has 0 unspecified atom stereocenters. The van der Waals surface area contributed by atoms with Gasteiger partial charge in [0.25, 0.3) is 0 Å². The summed E-state index contributed by atoms with van der Waals surface area (Å²) in [7, 11) is 0. The summed E-state index contributed by atoms with van der Waals surface area (Å²) in [5.41, 5.74) is 1.86. The van der Waals surface area contributed by atoms with Crippen LogP contribution >= 0.6 is 0 Å². The first-order chi connectivity index (χ1) is 11.9. The number of carbonyl (C=O) groups excluding carboxylic acids is 1. The number of hydrogen-bond acceptors (Lipinski definition) is 5. The molecule has 0 aliphatic rings. The molecule has 1 aromatic carbocycles. The number of benzene rings is 1. The highest BCUT2D eigenvalue weighted by Gasteiger charge is 2.20. The van der Waals surface area contributed by atoms with Gasteiger partial charge in [0.05, 0.1) is 18.8 Å². The smallest absolute Gasteiger partial charge is 0.240 e. The Kier molecular flexibility index (Phi) is 6.73. The Morgan fingerprint density at radius 1 is 1.24 bits per heavy atom. The number of nitrogens with zero attached hydrogens (tertiary/aromatic N) is 2. The maximum absolute atomic E-state index is 12.2. The topological polar surface area (TPSA) is 78.6 Å². The maximum Gasteiger partial charge on any atom is 0.240 e. The van der Waals surface area contributed by atoms with Gasteiger partial charge in [-0.2, -0.15) is 0 Å². The lowest BCUT2D eigenvalue weighted by atomic mass is 9.92. The van der Waals surface area contributed by atoms with E-state index in [-0.39, 0.29) is 24.5 Å². The van der Waals surface area contributed by atoms with Gasteiger partial charge in [-0.25, -0.2) is 0 Å². The number of anilines is 1. The normalized spacial score (nSPS) is 11.7. The van der Waals surface area contributed by atoms with E-state index in [1.807, 2.05) is 43.9 Å². The van der Waals surface area contributed by atoms with Crippen molar-refractivity contribution < 1.29 is 14.4 Å². The van der Waals surface area contributed by atoms with Crippen LogP contribution in [0.1, 0.15) is 32.0 Å². The van der Waals surface area contributed by atoms with Crippen molar-refractivity contribution in [3.05, 3.63) is 47.7 Å². The molecule has 0 aliphatic carbocycles. The van der Waals surface area contributed by atoms with Gasteiger partial charge in [0.15, 0.2) is 0 Å². The van der Waals surface area contributed by atoms with Gasteiger partial charge in [-0.15, -0.1) is 0 Å². The second-order valence-corrected chi connectivity index (χ2v) is 7.11. The second kappa shape index (κ2) is 8.78. The van der Waals surface area contributed by atoms with Gasteiger partial charge in [-0.05, 0) is 12.0 Å². The molecule has 25 heavy (non-hydrogen) atoms. The van der Waals surface area contributed by atoms with Gasteiger partial charge in [0, 0.05) is 24.6 Å². The third-order valence-corrected chi connectivity index (χ3v) is 3.88. The van der Waals surface area contributed by atoms with Gasteiger partial charge in [0.2, 0.25) is 11.8 Å². The molecular weight excluding hydrogens is 318 g/mol. The Morgan fingerprint density at radius 3 is 2.56 bits per heavy atom. The first kappa shape index (κ1) is 19.1. The van der Waals surface area contributed by atoms with Crippen molar-refractivity contribution in [2.24, 2.45) is 0 Å². The molecular formula is C19H27N3O3. The van der Waals surface area contributed by atoms with Crippen LogP contribution in [0.15, 0.2) is 40.9 Å². The zero-order chi connectivity index (χ0) is 18.3. The zero-order valence-corrected chi connectivity index (χ0v) is 15.2. The summed E-state index contributed by atoms with van der Waals surface area (Å²) in [5, 5.41) is 15.9. The van der Waals surface area contributed by atoms with Crippen LogP contribution in [-0.4, -0.2) is 47.3 Å². The van der Waals surface area contributed by atoms with Crippen molar-refractivity contribution in [3.8, 4) is 0 Å². The van der Waals surface area contributed by atoms with Crippen LogP contribution in [0.3, 0.4) is 0 Å². The van der Waals surface area contributed by atoms with Crippen LogP contribution in [0.25, 0.3) is 0 Å². The Labute approximate surface area is 148 Å². The number of aliphatic hydroxyl groups excluding tert-OH is 1. The minimum atomic E-state index is -0.182. The number of carbonyl (C=O) groups is 1. The quantitative estimate of drug-likeness (QED) is 0.768. The van der Waals surface area contributed by atoms with Gasteiger partial charge in [-0.3, -0.25) is 15.0 Å². The Morgan fingerprint density at radius 2 is 1.96 bits per heavy atom. The van der Waals surface area contributed by atoms with E-state index in [1.54, 1.807) is 6.07 Å². The molecule has 6 nitrogen and oxygen atoms in total. The van der Waals surface area contributed by atoms with Gasteiger partial charge < -0.3 is 9.63 Å². The van der Waals surface area contributed by atoms with Gasteiger partial charge in [0.1, 0.15) is 0 Å². The fourth-order valence-corrected chi connectivity index (χ4v) is 2.41. The summed E-state index contributed by atoms with van der Waals surface area (Å²) < 4.78 is 5.18. The summed E-state index contributed by atoms with van der Waals surface area (Å²) in [6, 6.07) is 11.8. The number of aromatic nitrogens is 1. The van der Waals surface area contributed by atoms with Crippen LogP contribution in [0.2, 0.25) is 0 Å². The van der Waals surface area contributed by atoms with E-state index in [0.717, 1.165) is 12.1 Å². The van der Waals surface area contributed by atoms with Crippen molar-refractivity contribution in [1.82, 2.24) is 10.1 Å². The lowest BCUT2D eigenvalue weighted by Gasteiger charge is -2.20. The fourth-order valence-electron chi connectivity index (χ4n) is 2.41.